The van der Waals surface area contributed by atoms with Gasteiger partial charge in [0, 0.05) is 9.26 Å². The first-order valence-electron chi connectivity index (χ1n) is 9.09. The number of carbonyl (C=O) groups is 1. The van der Waals surface area contributed by atoms with Gasteiger partial charge in [0.25, 0.3) is 10.0 Å². The Kier molecular flexibility index (Phi) is 6.99. The van der Waals surface area contributed by atoms with Crippen molar-refractivity contribution in [1.82, 2.24) is 0 Å². The highest BCUT2D eigenvalue weighted by molar-refractivity contribution is 14.1. The van der Waals surface area contributed by atoms with Crippen LogP contribution in [0.1, 0.15) is 5.56 Å². The summed E-state index contributed by atoms with van der Waals surface area (Å²) >= 11 is 2.20. The molecule has 0 atom stereocenters. The summed E-state index contributed by atoms with van der Waals surface area (Å²) in [6, 6.07) is 20.2. The number of carbonyl (C=O) groups excluding carboxylic acids is 1. The van der Waals surface area contributed by atoms with E-state index in [-0.39, 0.29) is 11.4 Å². The van der Waals surface area contributed by atoms with E-state index >= 15 is 0 Å². The first-order chi connectivity index (χ1) is 14.3. The molecule has 0 heterocycles. The van der Waals surface area contributed by atoms with Gasteiger partial charge < -0.3 is 10.1 Å². The summed E-state index contributed by atoms with van der Waals surface area (Å²) in [5.74, 6) is 0.157. The molecule has 1 amide bonds. The minimum Gasteiger partial charge on any atom is -0.497 e. The van der Waals surface area contributed by atoms with E-state index in [0.717, 1.165) is 13.4 Å². The number of amides is 1. The van der Waals surface area contributed by atoms with Gasteiger partial charge in [-0.3, -0.25) is 9.10 Å². The Labute approximate surface area is 190 Å². The third-order valence-electron chi connectivity index (χ3n) is 4.44. The number of methoxy groups -OCH3 is 1. The van der Waals surface area contributed by atoms with Crippen molar-refractivity contribution < 1.29 is 17.9 Å². The lowest BCUT2D eigenvalue weighted by Crippen LogP contribution is -2.38. The lowest BCUT2D eigenvalue weighted by molar-refractivity contribution is -0.114. The van der Waals surface area contributed by atoms with Crippen molar-refractivity contribution in [3.05, 3.63) is 81.9 Å². The summed E-state index contributed by atoms with van der Waals surface area (Å²) in [7, 11) is -2.42. The van der Waals surface area contributed by atoms with Gasteiger partial charge in [-0.1, -0.05) is 18.2 Å². The van der Waals surface area contributed by atoms with Crippen molar-refractivity contribution in [1.29, 1.82) is 0 Å². The van der Waals surface area contributed by atoms with Gasteiger partial charge in [-0.05, 0) is 89.7 Å². The zero-order valence-electron chi connectivity index (χ0n) is 16.5. The molecule has 0 spiro atoms. The van der Waals surface area contributed by atoms with Crippen LogP contribution in [0, 0.1) is 10.5 Å². The topological polar surface area (TPSA) is 75.7 Å². The van der Waals surface area contributed by atoms with E-state index in [4.69, 9.17) is 4.74 Å². The molecule has 0 aromatic heterocycles. The Bertz CT molecular complexity index is 1130. The Morgan fingerprint density at radius 3 is 2.30 bits per heavy atom. The lowest BCUT2D eigenvalue weighted by atomic mass is 10.2. The quantitative estimate of drug-likeness (QED) is 0.453. The van der Waals surface area contributed by atoms with Gasteiger partial charge in [0.05, 0.1) is 17.7 Å². The van der Waals surface area contributed by atoms with E-state index in [1.165, 1.54) is 19.2 Å². The third-order valence-corrected chi connectivity index (χ3v) is 6.90. The van der Waals surface area contributed by atoms with Crippen molar-refractivity contribution >= 4 is 49.9 Å². The van der Waals surface area contributed by atoms with Gasteiger partial charge in [0.1, 0.15) is 12.3 Å². The second kappa shape index (κ2) is 9.48. The van der Waals surface area contributed by atoms with Gasteiger partial charge >= 0.3 is 0 Å². The lowest BCUT2D eigenvalue weighted by Gasteiger charge is -2.24. The molecule has 0 aliphatic rings. The van der Waals surface area contributed by atoms with E-state index in [9.17, 15) is 13.2 Å². The Morgan fingerprint density at radius 2 is 1.70 bits per heavy atom. The molecule has 0 fully saturated rings. The van der Waals surface area contributed by atoms with Gasteiger partial charge in [0.2, 0.25) is 5.91 Å². The monoisotopic (exact) mass is 536 g/mol. The molecule has 0 radical (unpaired) electrons. The SMILES string of the molecule is COc1ccc(N(CC(=O)Nc2ccc(I)cc2C)S(=O)(=O)c2ccccc2)cc1. The summed E-state index contributed by atoms with van der Waals surface area (Å²) < 4.78 is 33.9. The second-order valence-electron chi connectivity index (χ2n) is 6.53. The minimum atomic E-state index is -3.95. The molecular formula is C22H21IN2O4S. The molecule has 6 nitrogen and oxygen atoms in total. The number of nitrogens with one attached hydrogen (secondary N) is 1. The van der Waals surface area contributed by atoms with Gasteiger partial charge in [-0.15, -0.1) is 0 Å². The maximum Gasteiger partial charge on any atom is 0.264 e. The molecule has 0 unspecified atom stereocenters. The number of sulfonamides is 1. The largest absolute Gasteiger partial charge is 0.497 e. The van der Waals surface area contributed by atoms with E-state index in [2.05, 4.69) is 27.9 Å². The number of aryl methyl sites for hydroxylation is 1. The highest BCUT2D eigenvalue weighted by Gasteiger charge is 2.27. The van der Waals surface area contributed by atoms with Gasteiger partial charge in [-0.2, -0.15) is 0 Å². The summed E-state index contributed by atoms with van der Waals surface area (Å²) in [4.78, 5) is 12.9. The molecule has 8 heteroatoms. The number of halogens is 1. The Morgan fingerprint density at radius 1 is 1.03 bits per heavy atom. The van der Waals surface area contributed by atoms with Crippen LogP contribution in [0.4, 0.5) is 11.4 Å². The number of rotatable bonds is 7. The molecule has 0 saturated carbocycles. The summed E-state index contributed by atoms with van der Waals surface area (Å²) in [5.41, 5.74) is 1.92. The van der Waals surface area contributed by atoms with E-state index < -0.39 is 15.9 Å². The number of benzene rings is 3. The number of ether oxygens (including phenoxy) is 1. The minimum absolute atomic E-state index is 0.110. The molecule has 1 N–H and O–H groups in total. The number of hydrogen-bond donors (Lipinski definition) is 1. The summed E-state index contributed by atoms with van der Waals surface area (Å²) in [6.07, 6.45) is 0. The first-order valence-corrected chi connectivity index (χ1v) is 11.6. The molecule has 0 bridgehead atoms. The average Bonchev–Trinajstić information content (AvgIpc) is 2.75. The van der Waals surface area contributed by atoms with Crippen LogP contribution in [0.3, 0.4) is 0 Å². The predicted molar refractivity (Wildman–Crippen MR) is 126 cm³/mol. The van der Waals surface area contributed by atoms with Crippen molar-refractivity contribution in [2.45, 2.75) is 11.8 Å². The van der Waals surface area contributed by atoms with Crippen molar-refractivity contribution in [2.75, 3.05) is 23.3 Å². The maximum atomic E-state index is 13.3. The van der Waals surface area contributed by atoms with Crippen LogP contribution in [-0.2, 0) is 14.8 Å². The average molecular weight is 536 g/mol. The van der Waals surface area contributed by atoms with Crippen LogP contribution in [0.15, 0.2) is 77.7 Å². The Hall–Kier alpha value is -2.59. The molecule has 3 aromatic carbocycles. The molecule has 156 valence electrons. The molecule has 3 aromatic rings. The molecule has 3 rings (SSSR count). The zero-order chi connectivity index (χ0) is 21.7. The van der Waals surface area contributed by atoms with E-state index in [0.29, 0.717) is 17.1 Å². The smallest absolute Gasteiger partial charge is 0.264 e. The van der Waals surface area contributed by atoms with Crippen LogP contribution in [0.2, 0.25) is 0 Å². The van der Waals surface area contributed by atoms with Crippen molar-refractivity contribution in [2.24, 2.45) is 0 Å². The first kappa shape index (κ1) is 22.1. The zero-order valence-corrected chi connectivity index (χ0v) is 19.5. The fourth-order valence-electron chi connectivity index (χ4n) is 2.87. The van der Waals surface area contributed by atoms with Crippen LogP contribution in [0.5, 0.6) is 5.75 Å². The third kappa shape index (κ3) is 5.11. The molecule has 30 heavy (non-hydrogen) atoms. The molecule has 0 aliphatic heterocycles. The van der Waals surface area contributed by atoms with Crippen LogP contribution < -0.4 is 14.4 Å². The highest BCUT2D eigenvalue weighted by Crippen LogP contribution is 2.26. The van der Waals surface area contributed by atoms with Gasteiger partial charge in [-0.25, -0.2) is 8.42 Å². The summed E-state index contributed by atoms with van der Waals surface area (Å²) in [5, 5.41) is 2.81. The van der Waals surface area contributed by atoms with Crippen LogP contribution >= 0.6 is 22.6 Å². The number of nitrogens with zero attached hydrogens (tertiary/aromatic N) is 1. The molecule has 0 aliphatic carbocycles. The standard InChI is InChI=1S/C22H21IN2O4S/c1-16-14-17(23)8-13-21(16)24-22(26)15-25(18-9-11-19(29-2)12-10-18)30(27,28)20-6-4-3-5-7-20/h3-14H,15H2,1-2H3,(H,24,26). The predicted octanol–water partition coefficient (Wildman–Crippen LogP) is 4.44. The highest BCUT2D eigenvalue weighted by atomic mass is 127. The second-order valence-corrected chi connectivity index (χ2v) is 9.64. The number of anilines is 2. The maximum absolute atomic E-state index is 13.3. The number of hydrogen-bond acceptors (Lipinski definition) is 4. The molecular weight excluding hydrogens is 515 g/mol. The normalized spacial score (nSPS) is 11.0. The van der Waals surface area contributed by atoms with Crippen molar-refractivity contribution in [3.8, 4) is 5.75 Å². The fourth-order valence-corrected chi connectivity index (χ4v) is 4.96. The van der Waals surface area contributed by atoms with Gasteiger partial charge in [0.15, 0.2) is 0 Å². The van der Waals surface area contributed by atoms with E-state index in [1.54, 1.807) is 48.5 Å². The van der Waals surface area contributed by atoms with E-state index in [1.807, 2.05) is 19.1 Å². The van der Waals surface area contributed by atoms with Crippen LogP contribution in [-0.4, -0.2) is 28.0 Å². The Balaban J connectivity index is 1.93. The van der Waals surface area contributed by atoms with Crippen LogP contribution in [0.25, 0.3) is 0 Å². The fraction of sp³-hybridized carbons (Fsp3) is 0.136. The summed E-state index contributed by atoms with van der Waals surface area (Å²) in [6.45, 7) is 1.52. The van der Waals surface area contributed by atoms with Crippen molar-refractivity contribution in [3.63, 3.8) is 0 Å². The molecule has 0 saturated heterocycles.